The fourth-order valence-corrected chi connectivity index (χ4v) is 3.09. The Morgan fingerprint density at radius 2 is 1.93 bits per heavy atom. The number of pyridine rings is 1. The summed E-state index contributed by atoms with van der Waals surface area (Å²) < 4.78 is 37.2. The molecule has 3 heterocycles. The lowest BCUT2D eigenvalue weighted by molar-refractivity contribution is 0.0598. The van der Waals surface area contributed by atoms with Crippen molar-refractivity contribution in [1.82, 2.24) is 14.9 Å². The molecule has 0 saturated heterocycles. The van der Waals surface area contributed by atoms with Gasteiger partial charge in [-0.1, -0.05) is 0 Å². The molecule has 148 valence electrons. The van der Waals surface area contributed by atoms with Crippen LogP contribution in [0.25, 0.3) is 11.5 Å². The summed E-state index contributed by atoms with van der Waals surface area (Å²) in [6.45, 7) is 0.550. The van der Waals surface area contributed by atoms with E-state index in [9.17, 15) is 18.4 Å². The molecule has 0 radical (unpaired) electrons. The number of rotatable bonds is 3. The molecule has 4 rings (SSSR count). The summed E-state index contributed by atoms with van der Waals surface area (Å²) in [5, 5.41) is 0. The third kappa shape index (κ3) is 3.71. The second-order valence-electron chi connectivity index (χ2n) is 6.45. The monoisotopic (exact) mass is 399 g/mol. The van der Waals surface area contributed by atoms with Crippen molar-refractivity contribution in [2.45, 2.75) is 13.0 Å². The van der Waals surface area contributed by atoms with Crippen LogP contribution in [0.3, 0.4) is 0 Å². The van der Waals surface area contributed by atoms with Gasteiger partial charge in [0.15, 0.2) is 0 Å². The van der Waals surface area contributed by atoms with Crippen molar-refractivity contribution in [2.75, 3.05) is 13.7 Å². The number of hydrogen-bond acceptors (Lipinski definition) is 6. The maximum atomic E-state index is 13.5. The minimum Gasteiger partial charge on any atom is -0.465 e. The second-order valence-corrected chi connectivity index (χ2v) is 6.45. The van der Waals surface area contributed by atoms with Crippen molar-refractivity contribution in [3.05, 3.63) is 70.9 Å². The maximum Gasteiger partial charge on any atom is 0.339 e. The molecule has 0 spiro atoms. The molecule has 9 heteroatoms. The van der Waals surface area contributed by atoms with Crippen molar-refractivity contribution >= 4 is 11.9 Å². The first-order chi connectivity index (χ1) is 13.9. The van der Waals surface area contributed by atoms with Crippen molar-refractivity contribution in [3.63, 3.8) is 0 Å². The Morgan fingerprint density at radius 3 is 2.59 bits per heavy atom. The van der Waals surface area contributed by atoms with Gasteiger partial charge in [0.25, 0.3) is 5.91 Å². The van der Waals surface area contributed by atoms with Gasteiger partial charge in [0, 0.05) is 30.8 Å². The fraction of sp³-hybridized carbons (Fsp3) is 0.200. The van der Waals surface area contributed by atoms with Crippen LogP contribution in [0.15, 0.2) is 40.9 Å². The Morgan fingerprint density at radius 1 is 1.17 bits per heavy atom. The second kappa shape index (κ2) is 7.42. The van der Waals surface area contributed by atoms with Crippen LogP contribution in [-0.4, -0.2) is 40.4 Å². The molecule has 1 amide bonds. The number of amides is 1. The SMILES string of the molecule is COC(=O)c1ccc(C(=O)N2CCc3oc(-c4cc(F)cc(F)c4)nc3C2)nc1. The summed E-state index contributed by atoms with van der Waals surface area (Å²) >= 11 is 0. The summed E-state index contributed by atoms with van der Waals surface area (Å²) in [5.41, 5.74) is 1.13. The van der Waals surface area contributed by atoms with E-state index in [1.54, 1.807) is 4.90 Å². The van der Waals surface area contributed by atoms with Crippen molar-refractivity contribution in [3.8, 4) is 11.5 Å². The Bertz CT molecular complexity index is 1080. The maximum absolute atomic E-state index is 13.5. The molecule has 0 aliphatic carbocycles. The van der Waals surface area contributed by atoms with Gasteiger partial charge in [-0.05, 0) is 24.3 Å². The summed E-state index contributed by atoms with van der Waals surface area (Å²) in [6, 6.07) is 5.96. The number of oxazole rings is 1. The van der Waals surface area contributed by atoms with Crippen molar-refractivity contribution in [1.29, 1.82) is 0 Å². The number of benzene rings is 1. The van der Waals surface area contributed by atoms with Crippen LogP contribution in [0.1, 0.15) is 32.3 Å². The van der Waals surface area contributed by atoms with Gasteiger partial charge < -0.3 is 14.1 Å². The molecule has 7 nitrogen and oxygen atoms in total. The first-order valence-corrected chi connectivity index (χ1v) is 8.73. The van der Waals surface area contributed by atoms with Crippen LogP contribution in [0.2, 0.25) is 0 Å². The van der Waals surface area contributed by atoms with Gasteiger partial charge in [0.2, 0.25) is 5.89 Å². The van der Waals surface area contributed by atoms with Crippen LogP contribution in [0.4, 0.5) is 8.78 Å². The van der Waals surface area contributed by atoms with E-state index in [-0.39, 0.29) is 35.2 Å². The van der Waals surface area contributed by atoms with E-state index in [0.29, 0.717) is 24.4 Å². The summed E-state index contributed by atoms with van der Waals surface area (Å²) in [6.07, 6.45) is 1.69. The zero-order chi connectivity index (χ0) is 20.5. The molecule has 0 unspecified atom stereocenters. The Kier molecular flexibility index (Phi) is 4.79. The van der Waals surface area contributed by atoms with Gasteiger partial charge in [-0.15, -0.1) is 0 Å². The van der Waals surface area contributed by atoms with Gasteiger partial charge in [-0.3, -0.25) is 9.78 Å². The topological polar surface area (TPSA) is 85.5 Å². The number of methoxy groups -OCH3 is 1. The molecule has 29 heavy (non-hydrogen) atoms. The molecule has 0 fully saturated rings. The fourth-order valence-electron chi connectivity index (χ4n) is 3.09. The van der Waals surface area contributed by atoms with Gasteiger partial charge in [-0.2, -0.15) is 0 Å². The molecule has 1 aliphatic rings. The predicted molar refractivity (Wildman–Crippen MR) is 95.9 cm³/mol. The number of aromatic nitrogens is 2. The highest BCUT2D eigenvalue weighted by Crippen LogP contribution is 2.27. The van der Waals surface area contributed by atoms with Gasteiger partial charge >= 0.3 is 5.97 Å². The number of nitrogens with zero attached hydrogens (tertiary/aromatic N) is 3. The highest BCUT2D eigenvalue weighted by atomic mass is 19.1. The highest BCUT2D eigenvalue weighted by molar-refractivity contribution is 5.94. The lowest BCUT2D eigenvalue weighted by atomic mass is 10.1. The number of halogens is 2. The van der Waals surface area contributed by atoms with Gasteiger partial charge in [0.05, 0.1) is 19.2 Å². The van der Waals surface area contributed by atoms with Crippen molar-refractivity contribution < 1.29 is 27.5 Å². The van der Waals surface area contributed by atoms with E-state index in [4.69, 9.17) is 4.42 Å². The molecule has 0 bridgehead atoms. The lowest BCUT2D eigenvalue weighted by Crippen LogP contribution is -2.36. The van der Waals surface area contributed by atoms with E-state index in [0.717, 1.165) is 18.2 Å². The molecule has 1 aliphatic heterocycles. The highest BCUT2D eigenvalue weighted by Gasteiger charge is 2.27. The average Bonchev–Trinajstić information content (AvgIpc) is 3.15. The van der Waals surface area contributed by atoms with Crippen LogP contribution in [0.5, 0.6) is 0 Å². The van der Waals surface area contributed by atoms with Crippen LogP contribution >= 0.6 is 0 Å². The van der Waals surface area contributed by atoms with E-state index in [1.807, 2.05) is 0 Å². The third-order valence-electron chi connectivity index (χ3n) is 4.53. The van der Waals surface area contributed by atoms with Crippen LogP contribution < -0.4 is 0 Å². The number of ether oxygens (including phenoxy) is 1. The third-order valence-corrected chi connectivity index (χ3v) is 4.53. The smallest absolute Gasteiger partial charge is 0.339 e. The molecule has 0 N–H and O–H groups in total. The number of hydrogen-bond donors (Lipinski definition) is 0. The van der Waals surface area contributed by atoms with Crippen LogP contribution in [-0.2, 0) is 17.7 Å². The molecule has 0 saturated carbocycles. The number of fused-ring (bicyclic) bond motifs is 1. The molecule has 0 atom stereocenters. The standard InChI is InChI=1S/C20H15F2N3O4/c1-28-20(27)11-2-3-15(23-9-11)19(26)25-5-4-17-16(10-25)24-18(29-17)12-6-13(21)8-14(22)7-12/h2-3,6-9H,4-5,10H2,1H3. The summed E-state index contributed by atoms with van der Waals surface area (Å²) in [5.74, 6) is -1.65. The summed E-state index contributed by atoms with van der Waals surface area (Å²) in [7, 11) is 1.26. The van der Waals surface area contributed by atoms with E-state index >= 15 is 0 Å². The minimum atomic E-state index is -0.727. The minimum absolute atomic E-state index is 0.100. The average molecular weight is 399 g/mol. The quantitative estimate of drug-likeness (QED) is 0.630. The number of esters is 1. The molecular formula is C20H15F2N3O4. The Balaban J connectivity index is 1.53. The normalized spacial score (nSPS) is 13.1. The predicted octanol–water partition coefficient (Wildman–Crippen LogP) is 3.00. The van der Waals surface area contributed by atoms with Gasteiger partial charge in [0.1, 0.15) is 28.8 Å². The largest absolute Gasteiger partial charge is 0.465 e. The van der Waals surface area contributed by atoms with E-state index < -0.39 is 17.6 Å². The van der Waals surface area contributed by atoms with Crippen LogP contribution in [0, 0.1) is 11.6 Å². The molecule has 2 aromatic heterocycles. The first kappa shape index (κ1) is 18.7. The Hall–Kier alpha value is -3.62. The Labute approximate surface area is 163 Å². The molecule has 1 aromatic carbocycles. The molecule has 3 aromatic rings. The van der Waals surface area contributed by atoms with Crippen molar-refractivity contribution in [2.24, 2.45) is 0 Å². The number of carbonyl (C=O) groups excluding carboxylic acids is 2. The first-order valence-electron chi connectivity index (χ1n) is 8.73. The van der Waals surface area contributed by atoms with Gasteiger partial charge in [-0.25, -0.2) is 18.6 Å². The van der Waals surface area contributed by atoms with E-state index in [2.05, 4.69) is 14.7 Å². The van der Waals surface area contributed by atoms with E-state index in [1.165, 1.54) is 25.4 Å². The molecular weight excluding hydrogens is 384 g/mol. The lowest BCUT2D eigenvalue weighted by Gasteiger charge is -2.24. The number of carbonyl (C=O) groups is 2. The zero-order valence-corrected chi connectivity index (χ0v) is 15.3. The zero-order valence-electron chi connectivity index (χ0n) is 15.3. The summed E-state index contributed by atoms with van der Waals surface area (Å²) in [4.78, 5) is 34.1.